The fourth-order valence-electron chi connectivity index (χ4n) is 1.52. The van der Waals surface area contributed by atoms with E-state index in [4.69, 9.17) is 0 Å². The van der Waals surface area contributed by atoms with Crippen molar-refractivity contribution in [2.75, 3.05) is 6.54 Å². The second kappa shape index (κ2) is 7.39. The summed E-state index contributed by atoms with van der Waals surface area (Å²) in [6.07, 6.45) is 8.74. The van der Waals surface area contributed by atoms with Gasteiger partial charge in [0, 0.05) is 12.2 Å². The molecule has 1 aliphatic heterocycles. The minimum atomic E-state index is -0.0579. The Labute approximate surface area is 105 Å². The molecule has 0 saturated carbocycles. The quantitative estimate of drug-likeness (QED) is 0.728. The van der Waals surface area contributed by atoms with Crippen LogP contribution in [0, 0.1) is 5.92 Å². The highest BCUT2D eigenvalue weighted by Gasteiger charge is 2.13. The zero-order valence-corrected chi connectivity index (χ0v) is 11.4. The lowest BCUT2D eigenvalue weighted by molar-refractivity contribution is -0.116. The Balaban J connectivity index is 2.74. The first kappa shape index (κ1) is 14.1. The number of amides is 1. The van der Waals surface area contributed by atoms with Gasteiger partial charge in [-0.15, -0.1) is 0 Å². The smallest absolute Gasteiger partial charge is 0.243 e. The Morgan fingerprint density at radius 3 is 2.82 bits per heavy atom. The average molecular weight is 253 g/mol. The van der Waals surface area contributed by atoms with E-state index in [2.05, 4.69) is 19.2 Å². The van der Waals surface area contributed by atoms with Crippen LogP contribution in [0.15, 0.2) is 24.3 Å². The van der Waals surface area contributed by atoms with E-state index in [-0.39, 0.29) is 25.7 Å². The van der Waals surface area contributed by atoms with Crippen molar-refractivity contribution in [3.63, 3.8) is 0 Å². The van der Waals surface area contributed by atoms with Gasteiger partial charge in [-0.05, 0) is 39.5 Å². The highest BCUT2D eigenvalue weighted by atomic mass is 31.1. The minimum absolute atomic E-state index is 0.0579. The average Bonchev–Trinajstić information content (AvgIpc) is 2.26. The van der Waals surface area contributed by atoms with E-state index in [9.17, 15) is 9.59 Å². The predicted octanol–water partition coefficient (Wildman–Crippen LogP) is 2.24. The molecule has 2 atom stereocenters. The van der Waals surface area contributed by atoms with Crippen LogP contribution < -0.4 is 5.32 Å². The maximum Gasteiger partial charge on any atom is 0.243 e. The number of nitrogens with one attached hydrogen (secondary N) is 1. The molecule has 0 spiro atoms. The summed E-state index contributed by atoms with van der Waals surface area (Å²) in [5.74, 6) is 0.315. The molecule has 1 heterocycles. The molecule has 4 heteroatoms. The maximum absolute atomic E-state index is 11.7. The summed E-state index contributed by atoms with van der Waals surface area (Å²) in [5.41, 5.74) is 0.339. The third-order valence-electron chi connectivity index (χ3n) is 2.60. The van der Waals surface area contributed by atoms with Crippen molar-refractivity contribution in [3.05, 3.63) is 24.3 Å². The Hall–Kier alpha value is -0.950. The summed E-state index contributed by atoms with van der Waals surface area (Å²) in [5, 5.41) is 2.83. The van der Waals surface area contributed by atoms with E-state index >= 15 is 0 Å². The standard InChI is InChI=1S/C13H20NO2P/c1-10(2)11-7-8-12(15)14-9-5-3-4-6-13(16)17-11/h4,6-8,10-11,17H,3,5,9H2,1-2H3,(H,14,15)/b6-4+,8-7?. The zero-order chi connectivity index (χ0) is 12.7. The van der Waals surface area contributed by atoms with Gasteiger partial charge in [0.15, 0.2) is 5.52 Å². The van der Waals surface area contributed by atoms with E-state index in [1.807, 2.05) is 12.2 Å². The van der Waals surface area contributed by atoms with Crippen LogP contribution in [0.4, 0.5) is 0 Å². The van der Waals surface area contributed by atoms with Crippen LogP contribution in [0.25, 0.3) is 0 Å². The van der Waals surface area contributed by atoms with Crippen LogP contribution in [0.2, 0.25) is 0 Å². The minimum Gasteiger partial charge on any atom is -0.353 e. The van der Waals surface area contributed by atoms with Crippen molar-refractivity contribution in [1.82, 2.24) is 5.32 Å². The van der Waals surface area contributed by atoms with Crippen molar-refractivity contribution < 1.29 is 9.59 Å². The number of carbonyl (C=O) groups is 2. The second-order valence-corrected chi connectivity index (χ2v) is 5.92. The highest BCUT2D eigenvalue weighted by molar-refractivity contribution is 7.59. The molecule has 0 aromatic heterocycles. The Kier molecular flexibility index (Phi) is 6.13. The Morgan fingerprint density at radius 2 is 2.12 bits per heavy atom. The van der Waals surface area contributed by atoms with E-state index in [1.165, 1.54) is 0 Å². The fourth-order valence-corrected chi connectivity index (χ4v) is 2.59. The van der Waals surface area contributed by atoms with Crippen molar-refractivity contribution >= 4 is 20.0 Å². The maximum atomic E-state index is 11.7. The summed E-state index contributed by atoms with van der Waals surface area (Å²) in [6, 6.07) is 0. The van der Waals surface area contributed by atoms with Crippen molar-refractivity contribution in [3.8, 4) is 0 Å². The van der Waals surface area contributed by atoms with Gasteiger partial charge < -0.3 is 5.32 Å². The number of rotatable bonds is 1. The van der Waals surface area contributed by atoms with Gasteiger partial charge in [-0.1, -0.05) is 26.0 Å². The molecule has 94 valence electrons. The van der Waals surface area contributed by atoms with Crippen LogP contribution in [-0.4, -0.2) is 23.6 Å². The van der Waals surface area contributed by atoms with Crippen LogP contribution in [0.1, 0.15) is 26.7 Å². The first-order valence-electron chi connectivity index (χ1n) is 6.02. The van der Waals surface area contributed by atoms with Gasteiger partial charge in [0.1, 0.15) is 0 Å². The largest absolute Gasteiger partial charge is 0.353 e. The normalized spacial score (nSPS) is 26.4. The lowest BCUT2D eigenvalue weighted by atomic mass is 10.1. The third-order valence-corrected chi connectivity index (χ3v) is 4.24. The van der Waals surface area contributed by atoms with Crippen LogP contribution in [0.3, 0.4) is 0 Å². The molecule has 0 aliphatic carbocycles. The molecule has 0 radical (unpaired) electrons. The van der Waals surface area contributed by atoms with E-state index in [0.717, 1.165) is 12.8 Å². The van der Waals surface area contributed by atoms with E-state index in [1.54, 1.807) is 12.2 Å². The van der Waals surface area contributed by atoms with Gasteiger partial charge in [-0.3, -0.25) is 9.59 Å². The summed E-state index contributed by atoms with van der Waals surface area (Å²) in [7, 11) is 0.220. The van der Waals surface area contributed by atoms with Crippen molar-refractivity contribution in [2.45, 2.75) is 32.3 Å². The lowest BCUT2D eigenvalue weighted by Crippen LogP contribution is -2.22. The van der Waals surface area contributed by atoms with Gasteiger partial charge >= 0.3 is 0 Å². The Bertz CT molecular complexity index is 334. The van der Waals surface area contributed by atoms with Crippen LogP contribution >= 0.6 is 8.58 Å². The molecule has 0 aromatic carbocycles. The molecule has 0 aromatic rings. The van der Waals surface area contributed by atoms with Crippen molar-refractivity contribution in [2.24, 2.45) is 5.92 Å². The van der Waals surface area contributed by atoms with Crippen molar-refractivity contribution in [1.29, 1.82) is 0 Å². The second-order valence-electron chi connectivity index (χ2n) is 4.47. The molecule has 3 nitrogen and oxygen atoms in total. The summed E-state index contributed by atoms with van der Waals surface area (Å²) >= 11 is 0. The summed E-state index contributed by atoms with van der Waals surface area (Å²) in [4.78, 5) is 23.1. The summed E-state index contributed by atoms with van der Waals surface area (Å²) in [6.45, 7) is 4.81. The number of hydrogen-bond donors (Lipinski definition) is 1. The first-order chi connectivity index (χ1) is 8.09. The molecule has 1 rings (SSSR count). The van der Waals surface area contributed by atoms with Gasteiger partial charge in [-0.2, -0.15) is 0 Å². The molecule has 1 N–H and O–H groups in total. The molecule has 0 fully saturated rings. The molecule has 1 amide bonds. The number of carbonyl (C=O) groups excluding carboxylic acids is 2. The van der Waals surface area contributed by atoms with Gasteiger partial charge in [0.2, 0.25) is 5.91 Å². The molecule has 17 heavy (non-hydrogen) atoms. The lowest BCUT2D eigenvalue weighted by Gasteiger charge is -2.15. The molecule has 0 saturated heterocycles. The molecular weight excluding hydrogens is 233 g/mol. The highest BCUT2D eigenvalue weighted by Crippen LogP contribution is 2.28. The van der Waals surface area contributed by atoms with Crippen LogP contribution in [0.5, 0.6) is 0 Å². The predicted molar refractivity (Wildman–Crippen MR) is 72.5 cm³/mol. The Morgan fingerprint density at radius 1 is 1.35 bits per heavy atom. The number of allylic oxidation sites excluding steroid dienone is 3. The van der Waals surface area contributed by atoms with Crippen LogP contribution in [-0.2, 0) is 9.59 Å². The molecule has 2 unspecified atom stereocenters. The first-order valence-corrected chi connectivity index (χ1v) is 7.10. The van der Waals surface area contributed by atoms with Gasteiger partial charge in [0.05, 0.1) is 0 Å². The monoisotopic (exact) mass is 253 g/mol. The molecular formula is C13H20NO2P. The molecule has 0 bridgehead atoms. The molecule has 1 aliphatic rings. The zero-order valence-electron chi connectivity index (χ0n) is 10.4. The fraction of sp³-hybridized carbons (Fsp3) is 0.538. The van der Waals surface area contributed by atoms with E-state index < -0.39 is 0 Å². The summed E-state index contributed by atoms with van der Waals surface area (Å²) < 4.78 is 0. The SMILES string of the molecule is CC(C)C1C=CC(=O)NCCC/C=C/C(=O)P1. The van der Waals surface area contributed by atoms with Gasteiger partial charge in [-0.25, -0.2) is 0 Å². The van der Waals surface area contributed by atoms with Gasteiger partial charge in [0.25, 0.3) is 0 Å². The number of hydrogen-bond acceptors (Lipinski definition) is 2. The van der Waals surface area contributed by atoms with E-state index in [0.29, 0.717) is 12.5 Å². The third kappa shape index (κ3) is 5.78. The topological polar surface area (TPSA) is 46.2 Å².